The largest absolute Gasteiger partial charge is 0.493 e. The predicted molar refractivity (Wildman–Crippen MR) is 87.1 cm³/mol. The molecule has 2 N–H and O–H groups in total. The lowest BCUT2D eigenvalue weighted by molar-refractivity contribution is 0.162. The van der Waals surface area contributed by atoms with E-state index in [2.05, 4.69) is 6.07 Å². The molecule has 0 aliphatic rings. The standard InChI is InChI=1S/C16H27NO3S/c1-11-7-8-12(2)15(13(11)3)20-9-14(16(4,5)6)10-21(17,18)19/h7-8,14H,9-10H2,1-6H3,(H2,17,18,19). The molecule has 4 nitrogen and oxygen atoms in total. The molecule has 0 amide bonds. The summed E-state index contributed by atoms with van der Waals surface area (Å²) < 4.78 is 28.8. The molecule has 1 atom stereocenters. The average Bonchev–Trinajstić information content (AvgIpc) is 2.30. The second kappa shape index (κ2) is 6.36. The summed E-state index contributed by atoms with van der Waals surface area (Å²) in [6.07, 6.45) is 0. The predicted octanol–water partition coefficient (Wildman–Crippen LogP) is 2.94. The van der Waals surface area contributed by atoms with E-state index in [0.29, 0.717) is 6.61 Å². The Hall–Kier alpha value is -1.07. The van der Waals surface area contributed by atoms with Crippen molar-refractivity contribution in [2.24, 2.45) is 16.5 Å². The lowest BCUT2D eigenvalue weighted by atomic mass is 9.82. The fourth-order valence-electron chi connectivity index (χ4n) is 2.16. The third-order valence-corrected chi connectivity index (χ3v) is 4.83. The van der Waals surface area contributed by atoms with Crippen molar-refractivity contribution in [3.8, 4) is 5.75 Å². The van der Waals surface area contributed by atoms with Gasteiger partial charge in [0.05, 0.1) is 12.4 Å². The summed E-state index contributed by atoms with van der Waals surface area (Å²) in [4.78, 5) is 0. The minimum Gasteiger partial charge on any atom is -0.493 e. The number of benzene rings is 1. The molecule has 1 unspecified atom stereocenters. The van der Waals surface area contributed by atoms with Crippen molar-refractivity contribution in [3.63, 3.8) is 0 Å². The molecule has 5 heteroatoms. The van der Waals surface area contributed by atoms with Gasteiger partial charge in [-0.05, 0) is 42.9 Å². The van der Waals surface area contributed by atoms with Gasteiger partial charge < -0.3 is 4.74 Å². The van der Waals surface area contributed by atoms with Crippen LogP contribution in [0.2, 0.25) is 0 Å². The Morgan fingerprint density at radius 3 is 2.14 bits per heavy atom. The van der Waals surface area contributed by atoms with Crippen LogP contribution in [0.3, 0.4) is 0 Å². The number of rotatable bonds is 5. The van der Waals surface area contributed by atoms with E-state index in [0.717, 1.165) is 22.4 Å². The van der Waals surface area contributed by atoms with E-state index < -0.39 is 10.0 Å². The Morgan fingerprint density at radius 2 is 1.67 bits per heavy atom. The summed E-state index contributed by atoms with van der Waals surface area (Å²) in [6, 6.07) is 4.08. The van der Waals surface area contributed by atoms with E-state index in [1.807, 2.05) is 47.6 Å². The Labute approximate surface area is 128 Å². The molecule has 0 aliphatic carbocycles. The first-order chi connectivity index (χ1) is 9.42. The number of hydrogen-bond acceptors (Lipinski definition) is 3. The first-order valence-electron chi connectivity index (χ1n) is 7.12. The van der Waals surface area contributed by atoms with Gasteiger partial charge in [-0.2, -0.15) is 0 Å². The molecule has 0 saturated heterocycles. The van der Waals surface area contributed by atoms with Crippen LogP contribution in [0, 0.1) is 32.1 Å². The molecule has 1 aromatic rings. The summed E-state index contributed by atoms with van der Waals surface area (Å²) in [6.45, 7) is 12.4. The molecule has 1 aromatic carbocycles. The van der Waals surface area contributed by atoms with Crippen molar-refractivity contribution in [3.05, 3.63) is 28.8 Å². The first kappa shape index (κ1) is 18.0. The van der Waals surface area contributed by atoms with Gasteiger partial charge in [0.2, 0.25) is 10.0 Å². The van der Waals surface area contributed by atoms with Crippen LogP contribution in [-0.4, -0.2) is 20.8 Å². The van der Waals surface area contributed by atoms with Crippen LogP contribution < -0.4 is 9.88 Å². The van der Waals surface area contributed by atoms with E-state index >= 15 is 0 Å². The summed E-state index contributed by atoms with van der Waals surface area (Å²) in [5, 5.41) is 5.20. The molecule has 1 rings (SSSR count). The highest BCUT2D eigenvalue weighted by molar-refractivity contribution is 7.89. The van der Waals surface area contributed by atoms with Crippen LogP contribution >= 0.6 is 0 Å². The summed E-state index contributed by atoms with van der Waals surface area (Å²) in [7, 11) is -3.52. The molecule has 0 spiro atoms. The number of ether oxygens (including phenoxy) is 1. The molecular formula is C16H27NO3S. The monoisotopic (exact) mass is 313 g/mol. The van der Waals surface area contributed by atoms with Crippen LogP contribution in [0.1, 0.15) is 37.5 Å². The van der Waals surface area contributed by atoms with E-state index in [9.17, 15) is 8.42 Å². The molecule has 0 aliphatic heterocycles. The number of nitrogens with two attached hydrogens (primary N) is 1. The van der Waals surface area contributed by atoms with Crippen molar-refractivity contribution in [1.29, 1.82) is 0 Å². The molecule has 0 bridgehead atoms. The van der Waals surface area contributed by atoms with E-state index in [1.54, 1.807) is 0 Å². The van der Waals surface area contributed by atoms with Crippen molar-refractivity contribution < 1.29 is 13.2 Å². The average molecular weight is 313 g/mol. The fraction of sp³-hybridized carbons (Fsp3) is 0.625. The Bertz CT molecular complexity index is 601. The van der Waals surface area contributed by atoms with Gasteiger partial charge >= 0.3 is 0 Å². The van der Waals surface area contributed by atoms with Crippen molar-refractivity contribution >= 4 is 10.0 Å². The highest BCUT2D eigenvalue weighted by atomic mass is 32.2. The lowest BCUT2D eigenvalue weighted by Gasteiger charge is -2.30. The second-order valence-corrected chi connectivity index (χ2v) is 8.52. The first-order valence-corrected chi connectivity index (χ1v) is 8.83. The second-order valence-electron chi connectivity index (χ2n) is 6.86. The normalized spacial score (nSPS) is 14.0. The molecule has 0 aromatic heterocycles. The minimum atomic E-state index is -3.52. The highest BCUT2D eigenvalue weighted by Crippen LogP contribution is 2.30. The van der Waals surface area contributed by atoms with Crippen molar-refractivity contribution in [2.45, 2.75) is 41.5 Å². The molecule has 0 saturated carbocycles. The molecule has 0 fully saturated rings. The quantitative estimate of drug-likeness (QED) is 0.908. The highest BCUT2D eigenvalue weighted by Gasteiger charge is 2.29. The maximum Gasteiger partial charge on any atom is 0.209 e. The molecule has 120 valence electrons. The Kier molecular flexibility index (Phi) is 5.45. The number of primary sulfonamides is 1. The number of sulfonamides is 1. The number of hydrogen-bond donors (Lipinski definition) is 1. The zero-order valence-electron chi connectivity index (χ0n) is 13.9. The van der Waals surface area contributed by atoms with E-state index in [4.69, 9.17) is 9.88 Å². The summed E-state index contributed by atoms with van der Waals surface area (Å²) >= 11 is 0. The Balaban J connectivity index is 2.95. The van der Waals surface area contributed by atoms with Crippen LogP contribution in [0.5, 0.6) is 5.75 Å². The van der Waals surface area contributed by atoms with Gasteiger partial charge in [0.15, 0.2) is 0 Å². The van der Waals surface area contributed by atoms with Crippen LogP contribution in [0.25, 0.3) is 0 Å². The third-order valence-electron chi connectivity index (χ3n) is 3.96. The molecular weight excluding hydrogens is 286 g/mol. The lowest BCUT2D eigenvalue weighted by Crippen LogP contribution is -2.35. The maximum absolute atomic E-state index is 11.4. The number of aryl methyl sites for hydroxylation is 2. The minimum absolute atomic E-state index is 0.0690. The van der Waals surface area contributed by atoms with E-state index in [1.165, 1.54) is 0 Å². The van der Waals surface area contributed by atoms with Gasteiger partial charge in [0.25, 0.3) is 0 Å². The smallest absolute Gasteiger partial charge is 0.209 e. The van der Waals surface area contributed by atoms with Crippen molar-refractivity contribution in [2.75, 3.05) is 12.4 Å². The van der Waals surface area contributed by atoms with Gasteiger partial charge in [-0.3, -0.25) is 0 Å². The van der Waals surface area contributed by atoms with Gasteiger partial charge in [-0.1, -0.05) is 32.9 Å². The summed E-state index contributed by atoms with van der Waals surface area (Å²) in [5.74, 6) is 0.617. The van der Waals surface area contributed by atoms with E-state index in [-0.39, 0.29) is 17.1 Å². The fourth-order valence-corrected chi connectivity index (χ4v) is 3.32. The van der Waals surface area contributed by atoms with Gasteiger partial charge in [-0.25, -0.2) is 13.6 Å². The zero-order valence-corrected chi connectivity index (χ0v) is 14.7. The molecule has 0 radical (unpaired) electrons. The molecule has 21 heavy (non-hydrogen) atoms. The summed E-state index contributed by atoms with van der Waals surface area (Å²) in [5.41, 5.74) is 3.12. The van der Waals surface area contributed by atoms with Gasteiger partial charge in [0.1, 0.15) is 5.75 Å². The zero-order chi connectivity index (χ0) is 16.4. The van der Waals surface area contributed by atoms with Gasteiger partial charge in [0, 0.05) is 5.92 Å². The SMILES string of the molecule is Cc1ccc(C)c(OCC(CS(N)(=O)=O)C(C)(C)C)c1C. The molecule has 0 heterocycles. The van der Waals surface area contributed by atoms with Crippen LogP contribution in [-0.2, 0) is 10.0 Å². The van der Waals surface area contributed by atoms with Crippen LogP contribution in [0.4, 0.5) is 0 Å². The topological polar surface area (TPSA) is 69.4 Å². The third kappa shape index (κ3) is 5.32. The van der Waals surface area contributed by atoms with Crippen molar-refractivity contribution in [1.82, 2.24) is 0 Å². The van der Waals surface area contributed by atoms with Crippen LogP contribution in [0.15, 0.2) is 12.1 Å². The Morgan fingerprint density at radius 1 is 1.14 bits per heavy atom. The maximum atomic E-state index is 11.4. The van der Waals surface area contributed by atoms with Gasteiger partial charge in [-0.15, -0.1) is 0 Å².